The number of pyridine rings is 1. The summed E-state index contributed by atoms with van der Waals surface area (Å²) in [7, 11) is -4.10. The molecule has 3 N–H and O–H groups in total. The fourth-order valence-electron chi connectivity index (χ4n) is 2.08. The zero-order valence-electron chi connectivity index (χ0n) is 11.2. The zero-order valence-corrected chi connectivity index (χ0v) is 12.0. The SMILES string of the molecule is NS(=O)(=O)c1cc([N+](=O)[O-])cnc1NCC1CCOCC1. The van der Waals surface area contributed by atoms with E-state index >= 15 is 0 Å². The minimum atomic E-state index is -4.10. The molecule has 1 saturated heterocycles. The Morgan fingerprint density at radius 2 is 2.14 bits per heavy atom. The Balaban J connectivity index is 2.19. The molecule has 1 aliphatic heterocycles. The van der Waals surface area contributed by atoms with E-state index < -0.39 is 20.6 Å². The third kappa shape index (κ3) is 4.09. The van der Waals surface area contributed by atoms with Crippen LogP contribution in [0.25, 0.3) is 0 Å². The summed E-state index contributed by atoms with van der Waals surface area (Å²) >= 11 is 0. The Hall–Kier alpha value is -1.78. The second-order valence-corrected chi connectivity index (χ2v) is 6.31. The molecule has 0 atom stereocenters. The van der Waals surface area contributed by atoms with Crippen LogP contribution in [0.5, 0.6) is 0 Å². The Kier molecular flexibility index (Phi) is 4.70. The summed E-state index contributed by atoms with van der Waals surface area (Å²) in [5, 5.41) is 18.7. The fraction of sp³-hybridized carbons (Fsp3) is 0.545. The number of sulfonamides is 1. The van der Waals surface area contributed by atoms with Gasteiger partial charge in [-0.15, -0.1) is 0 Å². The maximum absolute atomic E-state index is 11.5. The Labute approximate surface area is 121 Å². The second kappa shape index (κ2) is 6.33. The van der Waals surface area contributed by atoms with Gasteiger partial charge in [0.05, 0.1) is 4.92 Å². The van der Waals surface area contributed by atoms with Gasteiger partial charge in [0.25, 0.3) is 5.69 Å². The van der Waals surface area contributed by atoms with Gasteiger partial charge in [0.1, 0.15) is 16.9 Å². The monoisotopic (exact) mass is 316 g/mol. The third-order valence-electron chi connectivity index (χ3n) is 3.25. The summed E-state index contributed by atoms with van der Waals surface area (Å²) in [5.41, 5.74) is -0.421. The number of nitro groups is 1. The van der Waals surface area contributed by atoms with Gasteiger partial charge < -0.3 is 10.1 Å². The van der Waals surface area contributed by atoms with Crippen molar-refractivity contribution in [1.29, 1.82) is 0 Å². The smallest absolute Gasteiger partial charge is 0.289 e. The molecule has 0 spiro atoms. The van der Waals surface area contributed by atoms with E-state index in [2.05, 4.69) is 10.3 Å². The lowest BCUT2D eigenvalue weighted by atomic mass is 10.0. The molecule has 0 radical (unpaired) electrons. The maximum atomic E-state index is 11.5. The van der Waals surface area contributed by atoms with E-state index in [1.54, 1.807) is 0 Å². The minimum Gasteiger partial charge on any atom is -0.381 e. The number of nitrogens with one attached hydrogen (secondary N) is 1. The van der Waals surface area contributed by atoms with E-state index in [9.17, 15) is 18.5 Å². The molecule has 2 rings (SSSR count). The largest absolute Gasteiger partial charge is 0.381 e. The van der Waals surface area contributed by atoms with Gasteiger partial charge in [0.2, 0.25) is 10.0 Å². The van der Waals surface area contributed by atoms with E-state index in [0.29, 0.717) is 25.7 Å². The molecular formula is C11H16N4O5S. The quantitative estimate of drug-likeness (QED) is 0.595. The molecular weight excluding hydrogens is 300 g/mol. The van der Waals surface area contributed by atoms with Crippen molar-refractivity contribution >= 4 is 21.5 Å². The molecule has 1 aromatic rings. The number of nitrogens with two attached hydrogens (primary N) is 1. The summed E-state index contributed by atoms with van der Waals surface area (Å²) in [6, 6.07) is 0.911. The predicted molar refractivity (Wildman–Crippen MR) is 74.3 cm³/mol. The van der Waals surface area contributed by atoms with Gasteiger partial charge in [-0.2, -0.15) is 0 Å². The molecule has 9 nitrogen and oxygen atoms in total. The molecule has 1 aromatic heterocycles. The van der Waals surface area contributed by atoms with Crippen LogP contribution in [-0.4, -0.2) is 38.1 Å². The van der Waals surface area contributed by atoms with E-state index in [-0.39, 0.29) is 10.7 Å². The van der Waals surface area contributed by atoms with Gasteiger partial charge in [-0.3, -0.25) is 10.1 Å². The predicted octanol–water partition coefficient (Wildman–Crippen LogP) is 0.476. The number of nitrogens with zero attached hydrogens (tertiary/aromatic N) is 2. The molecule has 0 bridgehead atoms. The second-order valence-electron chi connectivity index (χ2n) is 4.78. The molecule has 1 fully saturated rings. The molecule has 2 heterocycles. The van der Waals surface area contributed by atoms with Crippen LogP contribution in [0, 0.1) is 16.0 Å². The molecule has 0 unspecified atom stereocenters. The van der Waals surface area contributed by atoms with Crippen LogP contribution in [0.15, 0.2) is 17.2 Å². The average molecular weight is 316 g/mol. The van der Waals surface area contributed by atoms with Crippen molar-refractivity contribution in [2.45, 2.75) is 17.7 Å². The van der Waals surface area contributed by atoms with Crippen LogP contribution >= 0.6 is 0 Å². The summed E-state index contributed by atoms with van der Waals surface area (Å²) in [6.07, 6.45) is 2.73. The average Bonchev–Trinajstić information content (AvgIpc) is 2.45. The Bertz CT molecular complexity index is 628. The van der Waals surface area contributed by atoms with Crippen molar-refractivity contribution in [2.24, 2.45) is 11.1 Å². The first-order chi connectivity index (χ1) is 9.88. The van der Waals surface area contributed by atoms with Gasteiger partial charge in [-0.25, -0.2) is 18.5 Å². The van der Waals surface area contributed by atoms with Crippen molar-refractivity contribution in [3.63, 3.8) is 0 Å². The van der Waals surface area contributed by atoms with E-state index in [1.807, 2.05) is 0 Å². The number of aromatic nitrogens is 1. The van der Waals surface area contributed by atoms with Gasteiger partial charge in [-0.1, -0.05) is 0 Å². The van der Waals surface area contributed by atoms with Crippen LogP contribution < -0.4 is 10.5 Å². The van der Waals surface area contributed by atoms with Gasteiger partial charge in [-0.05, 0) is 18.8 Å². The first kappa shape index (κ1) is 15.6. The van der Waals surface area contributed by atoms with Crippen molar-refractivity contribution in [3.05, 3.63) is 22.4 Å². The highest BCUT2D eigenvalue weighted by molar-refractivity contribution is 7.89. The number of primary sulfonamides is 1. The molecule has 116 valence electrons. The van der Waals surface area contributed by atoms with Gasteiger partial charge in [0.15, 0.2) is 0 Å². The molecule has 0 aromatic carbocycles. The summed E-state index contributed by atoms with van der Waals surface area (Å²) < 4.78 is 28.3. The summed E-state index contributed by atoms with van der Waals surface area (Å²) in [4.78, 5) is 13.4. The van der Waals surface area contributed by atoms with Crippen molar-refractivity contribution < 1.29 is 18.1 Å². The number of rotatable bonds is 5. The van der Waals surface area contributed by atoms with Gasteiger partial charge >= 0.3 is 0 Å². The van der Waals surface area contributed by atoms with E-state index in [4.69, 9.17) is 9.88 Å². The first-order valence-corrected chi connectivity index (χ1v) is 7.91. The zero-order chi connectivity index (χ0) is 15.5. The highest BCUT2D eigenvalue weighted by atomic mass is 32.2. The summed E-state index contributed by atoms with van der Waals surface area (Å²) in [5.74, 6) is 0.374. The van der Waals surface area contributed by atoms with Crippen molar-refractivity contribution in [1.82, 2.24) is 4.98 Å². The van der Waals surface area contributed by atoms with Crippen molar-refractivity contribution in [3.8, 4) is 0 Å². The Morgan fingerprint density at radius 3 is 2.71 bits per heavy atom. The van der Waals surface area contributed by atoms with Gasteiger partial charge in [0, 0.05) is 25.8 Å². The normalized spacial score (nSPS) is 16.6. The number of anilines is 1. The van der Waals surface area contributed by atoms with Crippen LogP contribution in [0.1, 0.15) is 12.8 Å². The number of hydrogen-bond donors (Lipinski definition) is 2. The first-order valence-electron chi connectivity index (χ1n) is 6.37. The van der Waals surface area contributed by atoms with Crippen LogP contribution in [0.4, 0.5) is 11.5 Å². The Morgan fingerprint density at radius 1 is 1.48 bits per heavy atom. The molecule has 0 saturated carbocycles. The fourth-order valence-corrected chi connectivity index (χ4v) is 2.75. The molecule has 21 heavy (non-hydrogen) atoms. The maximum Gasteiger partial charge on any atom is 0.289 e. The topological polar surface area (TPSA) is 137 Å². The molecule has 0 aliphatic carbocycles. The lowest BCUT2D eigenvalue weighted by Gasteiger charge is -2.22. The molecule has 1 aliphatic rings. The molecule has 0 amide bonds. The summed E-state index contributed by atoms with van der Waals surface area (Å²) in [6.45, 7) is 1.85. The van der Waals surface area contributed by atoms with E-state index in [0.717, 1.165) is 25.1 Å². The van der Waals surface area contributed by atoms with Crippen LogP contribution in [-0.2, 0) is 14.8 Å². The highest BCUT2D eigenvalue weighted by Gasteiger charge is 2.21. The van der Waals surface area contributed by atoms with E-state index in [1.165, 1.54) is 0 Å². The molecule has 10 heteroatoms. The minimum absolute atomic E-state index is 0.0367. The number of hydrogen-bond acceptors (Lipinski definition) is 7. The van der Waals surface area contributed by atoms with Crippen molar-refractivity contribution in [2.75, 3.05) is 25.1 Å². The van der Waals surface area contributed by atoms with Crippen LogP contribution in [0.3, 0.4) is 0 Å². The third-order valence-corrected chi connectivity index (χ3v) is 4.18. The standard InChI is InChI=1S/C11H16N4O5S/c12-21(18,19)10-5-9(15(16)17)7-14-11(10)13-6-8-1-3-20-4-2-8/h5,7-8H,1-4,6H2,(H,13,14)(H2,12,18,19). The number of ether oxygens (including phenoxy) is 1. The lowest BCUT2D eigenvalue weighted by molar-refractivity contribution is -0.385. The highest BCUT2D eigenvalue weighted by Crippen LogP contribution is 2.24. The van der Waals surface area contributed by atoms with Crippen LogP contribution in [0.2, 0.25) is 0 Å². The lowest BCUT2D eigenvalue weighted by Crippen LogP contribution is -2.24.